The van der Waals surface area contributed by atoms with Crippen LogP contribution in [-0.2, 0) is 9.59 Å². The fourth-order valence-electron chi connectivity index (χ4n) is 2.76. The van der Waals surface area contributed by atoms with Crippen molar-refractivity contribution in [2.24, 2.45) is 11.8 Å². The van der Waals surface area contributed by atoms with Crippen LogP contribution in [-0.4, -0.2) is 28.1 Å². The average Bonchev–Trinajstić information content (AvgIpc) is 2.97. The van der Waals surface area contributed by atoms with Crippen LogP contribution in [0.2, 0.25) is 0 Å². The summed E-state index contributed by atoms with van der Waals surface area (Å²) in [5.74, 6) is -0.458. The van der Waals surface area contributed by atoms with E-state index in [1.54, 1.807) is 12.2 Å². The summed E-state index contributed by atoms with van der Waals surface area (Å²) < 4.78 is 0. The highest BCUT2D eigenvalue weighted by Gasteiger charge is 2.26. The molecule has 26 heavy (non-hydrogen) atoms. The highest BCUT2D eigenvalue weighted by atomic mass is 16.4. The molecule has 0 saturated heterocycles. The van der Waals surface area contributed by atoms with Crippen molar-refractivity contribution in [2.75, 3.05) is 0 Å². The summed E-state index contributed by atoms with van der Waals surface area (Å²) in [6.45, 7) is 2.01. The number of rotatable bonds is 12. The van der Waals surface area contributed by atoms with E-state index in [9.17, 15) is 14.7 Å². The quantitative estimate of drug-likeness (QED) is 0.507. The minimum atomic E-state index is -0.772. The Bertz CT molecular complexity index is 581. The number of carboxylic acids is 1. The molecule has 0 heterocycles. The molecular weight excluding hydrogens is 328 g/mol. The summed E-state index contributed by atoms with van der Waals surface area (Å²) in [5, 5.41) is 18.5. The number of hydrogen-bond acceptors (Lipinski definition) is 3. The zero-order valence-corrected chi connectivity index (χ0v) is 15.5. The summed E-state index contributed by atoms with van der Waals surface area (Å²) in [5.41, 5.74) is 0. The predicted molar refractivity (Wildman–Crippen MR) is 105 cm³/mol. The molecule has 0 spiro atoms. The van der Waals surface area contributed by atoms with Gasteiger partial charge in [-0.25, -0.2) is 0 Å². The molecule has 0 aromatic rings. The molecule has 4 nitrogen and oxygen atoms in total. The second kappa shape index (κ2) is 13.1. The molecule has 0 aromatic heterocycles. The Morgan fingerprint density at radius 3 is 2.46 bits per heavy atom. The van der Waals surface area contributed by atoms with Crippen LogP contribution in [0.3, 0.4) is 0 Å². The summed E-state index contributed by atoms with van der Waals surface area (Å²) in [6, 6.07) is 0. The van der Waals surface area contributed by atoms with Gasteiger partial charge < -0.3 is 10.2 Å². The number of aliphatic hydroxyl groups excluding tert-OH is 1. The van der Waals surface area contributed by atoms with Gasteiger partial charge in [-0.15, -0.1) is 0 Å². The summed E-state index contributed by atoms with van der Waals surface area (Å²) in [6.07, 6.45) is 22.3. The normalized spacial score (nSPS) is 21.8. The second-order valence-electron chi connectivity index (χ2n) is 6.36. The highest BCUT2D eigenvalue weighted by Crippen LogP contribution is 2.26. The fraction of sp³-hybridized carbons (Fsp3) is 0.455. The monoisotopic (exact) mass is 358 g/mol. The van der Waals surface area contributed by atoms with E-state index in [1.165, 1.54) is 0 Å². The van der Waals surface area contributed by atoms with Gasteiger partial charge in [0.05, 0.1) is 6.10 Å². The number of carbonyl (C=O) groups excluding carboxylic acids is 1. The van der Waals surface area contributed by atoms with E-state index < -0.39 is 12.1 Å². The first-order valence-corrected chi connectivity index (χ1v) is 9.29. The lowest BCUT2D eigenvalue weighted by Gasteiger charge is -2.12. The van der Waals surface area contributed by atoms with Gasteiger partial charge in [0.15, 0.2) is 5.78 Å². The second-order valence-corrected chi connectivity index (χ2v) is 6.36. The van der Waals surface area contributed by atoms with Crippen molar-refractivity contribution < 1.29 is 19.8 Å². The SMILES string of the molecule is CC[C@@H]1C(=O)C=C[C@@H]1/C=C/[C@@H](O)C/C=C\C/C=C\C/C=C\CCC(=O)O. The Morgan fingerprint density at radius 1 is 1.15 bits per heavy atom. The molecule has 0 aliphatic heterocycles. The van der Waals surface area contributed by atoms with Gasteiger partial charge in [-0.3, -0.25) is 9.59 Å². The van der Waals surface area contributed by atoms with E-state index in [-0.39, 0.29) is 24.0 Å². The maximum Gasteiger partial charge on any atom is 0.303 e. The van der Waals surface area contributed by atoms with Crippen molar-refractivity contribution in [1.82, 2.24) is 0 Å². The Labute approximate surface area is 156 Å². The summed E-state index contributed by atoms with van der Waals surface area (Å²) in [7, 11) is 0. The van der Waals surface area contributed by atoms with Crippen molar-refractivity contribution in [3.05, 3.63) is 60.8 Å². The van der Waals surface area contributed by atoms with Crippen molar-refractivity contribution in [2.45, 2.75) is 51.6 Å². The molecule has 1 rings (SSSR count). The van der Waals surface area contributed by atoms with Gasteiger partial charge in [0.25, 0.3) is 0 Å². The number of hydrogen-bond donors (Lipinski definition) is 2. The fourth-order valence-corrected chi connectivity index (χ4v) is 2.76. The molecule has 0 amide bonds. The van der Waals surface area contributed by atoms with Gasteiger partial charge in [-0.05, 0) is 38.2 Å². The number of allylic oxidation sites excluding steroid dienone is 8. The third kappa shape index (κ3) is 9.33. The van der Waals surface area contributed by atoms with Crippen LogP contribution in [0.1, 0.15) is 45.4 Å². The van der Waals surface area contributed by atoms with Crippen molar-refractivity contribution in [3.8, 4) is 0 Å². The highest BCUT2D eigenvalue weighted by molar-refractivity contribution is 5.94. The van der Waals surface area contributed by atoms with Gasteiger partial charge in [-0.2, -0.15) is 0 Å². The number of carboxylic acid groups (broad SMARTS) is 1. The van der Waals surface area contributed by atoms with Crippen LogP contribution >= 0.6 is 0 Å². The molecule has 0 unspecified atom stereocenters. The van der Waals surface area contributed by atoms with Crippen LogP contribution in [0.25, 0.3) is 0 Å². The topological polar surface area (TPSA) is 74.6 Å². The molecule has 0 radical (unpaired) electrons. The van der Waals surface area contributed by atoms with E-state index in [2.05, 4.69) is 0 Å². The molecule has 1 aliphatic carbocycles. The molecule has 2 N–H and O–H groups in total. The van der Waals surface area contributed by atoms with Crippen molar-refractivity contribution >= 4 is 11.8 Å². The number of carbonyl (C=O) groups is 2. The smallest absolute Gasteiger partial charge is 0.303 e. The lowest BCUT2D eigenvalue weighted by molar-refractivity contribution is -0.136. The molecule has 0 bridgehead atoms. The molecule has 4 heteroatoms. The molecule has 0 fully saturated rings. The lowest BCUT2D eigenvalue weighted by Crippen LogP contribution is -2.13. The number of aliphatic hydroxyl groups is 1. The molecule has 3 atom stereocenters. The Morgan fingerprint density at radius 2 is 1.81 bits per heavy atom. The van der Waals surface area contributed by atoms with E-state index in [4.69, 9.17) is 5.11 Å². The standard InChI is InChI=1S/C22H30O4/c1-2-20-18(15-17-21(20)24)14-16-19(23)12-10-8-6-4-3-5-7-9-11-13-22(25)26/h3-4,7-10,14-20,23H,2,5-6,11-13H2,1H3,(H,25,26)/b4-3-,9-7-,10-8-,16-14+/t18-,19-,20-/m0/s1. The third-order valence-electron chi connectivity index (χ3n) is 4.25. The number of aliphatic carboxylic acids is 1. The predicted octanol–water partition coefficient (Wildman–Crippen LogP) is 4.39. The van der Waals surface area contributed by atoms with Crippen molar-refractivity contribution in [3.63, 3.8) is 0 Å². The van der Waals surface area contributed by atoms with E-state index in [0.29, 0.717) is 12.8 Å². The zero-order chi connectivity index (χ0) is 19.2. The molecule has 0 saturated carbocycles. The maximum atomic E-state index is 11.6. The molecule has 142 valence electrons. The first-order chi connectivity index (χ1) is 12.5. The van der Waals surface area contributed by atoms with Gasteiger partial charge in [0.2, 0.25) is 0 Å². The Hall–Kier alpha value is -2.20. The zero-order valence-electron chi connectivity index (χ0n) is 15.5. The minimum absolute atomic E-state index is 0.0253. The average molecular weight is 358 g/mol. The molecular formula is C22H30O4. The van der Waals surface area contributed by atoms with Gasteiger partial charge in [-0.1, -0.05) is 61.6 Å². The lowest BCUT2D eigenvalue weighted by atomic mass is 9.91. The van der Waals surface area contributed by atoms with Gasteiger partial charge >= 0.3 is 5.97 Å². The molecule has 0 aromatic carbocycles. The van der Waals surface area contributed by atoms with Gasteiger partial charge in [0.1, 0.15) is 0 Å². The van der Waals surface area contributed by atoms with Crippen LogP contribution in [0.4, 0.5) is 0 Å². The van der Waals surface area contributed by atoms with E-state index in [1.807, 2.05) is 55.5 Å². The Kier molecular flexibility index (Phi) is 11.0. The minimum Gasteiger partial charge on any atom is -0.481 e. The van der Waals surface area contributed by atoms with E-state index >= 15 is 0 Å². The van der Waals surface area contributed by atoms with Crippen LogP contribution < -0.4 is 0 Å². The Balaban J connectivity index is 2.16. The van der Waals surface area contributed by atoms with Crippen molar-refractivity contribution in [1.29, 1.82) is 0 Å². The molecule has 1 aliphatic rings. The first kappa shape index (κ1) is 21.8. The number of ketones is 1. The van der Waals surface area contributed by atoms with Crippen LogP contribution in [0, 0.1) is 11.8 Å². The van der Waals surface area contributed by atoms with E-state index in [0.717, 1.165) is 19.3 Å². The summed E-state index contributed by atoms with van der Waals surface area (Å²) in [4.78, 5) is 22.0. The largest absolute Gasteiger partial charge is 0.481 e. The first-order valence-electron chi connectivity index (χ1n) is 9.29. The van der Waals surface area contributed by atoms with Crippen LogP contribution in [0.5, 0.6) is 0 Å². The maximum absolute atomic E-state index is 11.6. The van der Waals surface area contributed by atoms with Crippen LogP contribution in [0.15, 0.2) is 60.8 Å². The summed E-state index contributed by atoms with van der Waals surface area (Å²) >= 11 is 0. The van der Waals surface area contributed by atoms with Gasteiger partial charge in [0, 0.05) is 18.3 Å². The third-order valence-corrected chi connectivity index (χ3v) is 4.25.